The van der Waals surface area contributed by atoms with Gasteiger partial charge in [-0.3, -0.25) is 24.6 Å². The van der Waals surface area contributed by atoms with Crippen molar-refractivity contribution in [3.8, 4) is 0 Å². The monoisotopic (exact) mass is 456 g/mol. The molecule has 0 bridgehead atoms. The van der Waals surface area contributed by atoms with E-state index >= 15 is 0 Å². The van der Waals surface area contributed by atoms with Crippen molar-refractivity contribution in [2.24, 2.45) is 5.92 Å². The van der Waals surface area contributed by atoms with Gasteiger partial charge in [-0.05, 0) is 49.8 Å². The molecule has 4 rings (SSSR count). The number of pyridine rings is 1. The Morgan fingerprint density at radius 1 is 1.15 bits per heavy atom. The number of imide groups is 1. The molecule has 0 aromatic carbocycles. The van der Waals surface area contributed by atoms with Crippen molar-refractivity contribution < 1.29 is 14.4 Å². The van der Waals surface area contributed by atoms with Crippen LogP contribution in [-0.4, -0.2) is 91.4 Å². The first-order valence-electron chi connectivity index (χ1n) is 12.2. The lowest BCUT2D eigenvalue weighted by Crippen LogP contribution is -2.54. The largest absolute Gasteiger partial charge is 0.358 e. The number of hydrogen-bond donors (Lipinski definition) is 2. The first-order valence-corrected chi connectivity index (χ1v) is 12.2. The number of amides is 3. The summed E-state index contributed by atoms with van der Waals surface area (Å²) in [6, 6.07) is 3.84. The minimum Gasteiger partial charge on any atom is -0.358 e. The van der Waals surface area contributed by atoms with E-state index in [1.54, 1.807) is 13.2 Å². The van der Waals surface area contributed by atoms with Crippen LogP contribution in [0.4, 0.5) is 5.82 Å². The zero-order valence-corrected chi connectivity index (χ0v) is 19.8. The Morgan fingerprint density at radius 2 is 1.88 bits per heavy atom. The van der Waals surface area contributed by atoms with Gasteiger partial charge in [-0.2, -0.15) is 0 Å². The number of nitrogens with one attached hydrogen (secondary N) is 2. The van der Waals surface area contributed by atoms with Gasteiger partial charge in [0.2, 0.25) is 17.7 Å². The maximum Gasteiger partial charge on any atom is 0.236 e. The topological polar surface area (TPSA) is 97.9 Å². The predicted octanol–water partition coefficient (Wildman–Crippen LogP) is 0.570. The number of anilines is 1. The van der Waals surface area contributed by atoms with Crippen LogP contribution in [0.5, 0.6) is 0 Å². The third kappa shape index (κ3) is 5.70. The highest BCUT2D eigenvalue weighted by Gasteiger charge is 2.30. The molecule has 0 saturated carbocycles. The summed E-state index contributed by atoms with van der Waals surface area (Å²) < 4.78 is 0. The fourth-order valence-corrected chi connectivity index (χ4v) is 5.25. The molecule has 2 N–H and O–H groups in total. The van der Waals surface area contributed by atoms with Gasteiger partial charge < -0.3 is 15.1 Å². The summed E-state index contributed by atoms with van der Waals surface area (Å²) in [5, 5.41) is 5.19. The Bertz CT molecular complexity index is 862. The van der Waals surface area contributed by atoms with E-state index in [0.717, 1.165) is 70.0 Å². The van der Waals surface area contributed by atoms with E-state index in [1.165, 1.54) is 0 Å². The molecular formula is C24H36N6O3. The summed E-state index contributed by atoms with van der Waals surface area (Å²) in [5.41, 5.74) is 0.941. The minimum atomic E-state index is -0.272. The maximum absolute atomic E-state index is 12.2. The Morgan fingerprint density at radius 3 is 2.55 bits per heavy atom. The Kier molecular flexibility index (Phi) is 7.60. The van der Waals surface area contributed by atoms with Crippen LogP contribution < -0.4 is 15.5 Å². The molecule has 4 heterocycles. The molecule has 3 amide bonds. The molecule has 9 heteroatoms. The fraction of sp³-hybridized carbons (Fsp3) is 0.667. The first kappa shape index (κ1) is 23.6. The predicted molar refractivity (Wildman–Crippen MR) is 126 cm³/mol. The lowest BCUT2D eigenvalue weighted by atomic mass is 9.91. The van der Waals surface area contributed by atoms with Crippen LogP contribution in [-0.2, 0) is 14.4 Å². The standard InChI is InChI=1S/C24H36N6O3/c1-17(23(32)25-2)29-13-11-28(12-14-29)16-18-6-9-30(10-7-18)21-15-19(5-8-26-21)20-3-4-22(31)27-24(20)33/h5,8,15,17-18,20H,3-4,6-7,9-14,16H2,1-2H3,(H,25,32)(H,27,31,33). The molecule has 2 unspecified atom stereocenters. The zero-order chi connectivity index (χ0) is 23.4. The molecule has 0 radical (unpaired) electrons. The van der Waals surface area contributed by atoms with Crippen molar-refractivity contribution in [1.82, 2.24) is 25.4 Å². The number of carbonyl (C=O) groups is 3. The lowest BCUT2D eigenvalue weighted by Gasteiger charge is -2.40. The molecule has 2 atom stereocenters. The Labute approximate surface area is 195 Å². The summed E-state index contributed by atoms with van der Waals surface area (Å²) in [6.07, 6.45) is 4.97. The molecule has 3 aliphatic heterocycles. The van der Waals surface area contributed by atoms with Crippen LogP contribution >= 0.6 is 0 Å². The molecule has 1 aromatic rings. The highest BCUT2D eigenvalue weighted by atomic mass is 16.2. The second kappa shape index (κ2) is 10.6. The number of hydrogen-bond acceptors (Lipinski definition) is 7. The van der Waals surface area contributed by atoms with E-state index in [-0.39, 0.29) is 29.7 Å². The van der Waals surface area contributed by atoms with E-state index in [1.807, 2.05) is 19.1 Å². The Balaban J connectivity index is 1.25. The SMILES string of the molecule is CNC(=O)C(C)N1CCN(CC2CCN(c3cc(C4CCC(=O)NC4=O)ccn3)CC2)CC1. The van der Waals surface area contributed by atoms with Crippen LogP contribution in [0.25, 0.3) is 0 Å². The number of likely N-dealkylation sites (N-methyl/N-ethyl adjacent to an activating group) is 1. The summed E-state index contributed by atoms with van der Waals surface area (Å²) >= 11 is 0. The number of piperidine rings is 2. The highest BCUT2D eigenvalue weighted by Crippen LogP contribution is 2.29. The summed E-state index contributed by atoms with van der Waals surface area (Å²) in [4.78, 5) is 47.3. The molecule has 1 aromatic heterocycles. The second-order valence-electron chi connectivity index (χ2n) is 9.51. The summed E-state index contributed by atoms with van der Waals surface area (Å²) in [5.74, 6) is 1.02. The van der Waals surface area contributed by atoms with E-state index in [0.29, 0.717) is 18.8 Å². The van der Waals surface area contributed by atoms with Gasteiger partial charge >= 0.3 is 0 Å². The van der Waals surface area contributed by atoms with Gasteiger partial charge in [-0.1, -0.05) is 0 Å². The third-order valence-electron chi connectivity index (χ3n) is 7.45. The molecule has 180 valence electrons. The highest BCUT2D eigenvalue weighted by molar-refractivity contribution is 6.01. The van der Waals surface area contributed by atoms with E-state index in [9.17, 15) is 14.4 Å². The van der Waals surface area contributed by atoms with Gasteiger partial charge in [0, 0.05) is 65.5 Å². The van der Waals surface area contributed by atoms with Gasteiger partial charge in [0.1, 0.15) is 5.82 Å². The quantitative estimate of drug-likeness (QED) is 0.604. The lowest BCUT2D eigenvalue weighted by molar-refractivity contribution is -0.134. The maximum atomic E-state index is 12.2. The third-order valence-corrected chi connectivity index (χ3v) is 7.45. The van der Waals surface area contributed by atoms with Crippen molar-refractivity contribution in [3.63, 3.8) is 0 Å². The smallest absolute Gasteiger partial charge is 0.236 e. The molecule has 3 aliphatic rings. The Hall–Kier alpha value is -2.52. The molecule has 3 fully saturated rings. The zero-order valence-electron chi connectivity index (χ0n) is 19.8. The van der Waals surface area contributed by atoms with Gasteiger partial charge in [0.15, 0.2) is 0 Å². The van der Waals surface area contributed by atoms with Crippen molar-refractivity contribution in [2.75, 3.05) is 57.8 Å². The molecule has 0 aliphatic carbocycles. The van der Waals surface area contributed by atoms with E-state index in [2.05, 4.69) is 30.3 Å². The number of aromatic nitrogens is 1. The van der Waals surface area contributed by atoms with Crippen LogP contribution in [0.1, 0.15) is 44.1 Å². The molecule has 3 saturated heterocycles. The average molecular weight is 457 g/mol. The van der Waals surface area contributed by atoms with Crippen LogP contribution in [0, 0.1) is 5.92 Å². The summed E-state index contributed by atoms with van der Waals surface area (Å²) in [6.45, 7) is 8.91. The first-order chi connectivity index (χ1) is 15.9. The number of nitrogens with zero attached hydrogens (tertiary/aromatic N) is 4. The summed E-state index contributed by atoms with van der Waals surface area (Å²) in [7, 11) is 1.70. The van der Waals surface area contributed by atoms with Gasteiger partial charge in [-0.15, -0.1) is 0 Å². The average Bonchev–Trinajstić information content (AvgIpc) is 2.84. The van der Waals surface area contributed by atoms with Crippen LogP contribution in [0.2, 0.25) is 0 Å². The van der Waals surface area contributed by atoms with Gasteiger partial charge in [-0.25, -0.2) is 4.98 Å². The molecular weight excluding hydrogens is 420 g/mol. The molecule has 9 nitrogen and oxygen atoms in total. The second-order valence-corrected chi connectivity index (χ2v) is 9.51. The van der Waals surface area contributed by atoms with Gasteiger partial charge in [0.05, 0.1) is 12.0 Å². The van der Waals surface area contributed by atoms with Crippen LogP contribution in [0.15, 0.2) is 18.3 Å². The minimum absolute atomic E-state index is 0.0659. The van der Waals surface area contributed by atoms with Crippen molar-refractivity contribution in [3.05, 3.63) is 23.9 Å². The number of carbonyl (C=O) groups excluding carboxylic acids is 3. The van der Waals surface area contributed by atoms with Crippen LogP contribution in [0.3, 0.4) is 0 Å². The van der Waals surface area contributed by atoms with Gasteiger partial charge in [0.25, 0.3) is 0 Å². The van der Waals surface area contributed by atoms with Crippen molar-refractivity contribution in [1.29, 1.82) is 0 Å². The van der Waals surface area contributed by atoms with Crippen molar-refractivity contribution >= 4 is 23.5 Å². The van der Waals surface area contributed by atoms with E-state index < -0.39 is 0 Å². The number of piperazine rings is 1. The molecule has 0 spiro atoms. The normalized spacial score (nSPS) is 24.4. The fourth-order valence-electron chi connectivity index (χ4n) is 5.25. The molecule has 33 heavy (non-hydrogen) atoms. The van der Waals surface area contributed by atoms with E-state index in [4.69, 9.17) is 0 Å². The van der Waals surface area contributed by atoms with Crippen molar-refractivity contribution in [2.45, 2.75) is 44.6 Å². The number of rotatable bonds is 6.